The fourth-order valence-corrected chi connectivity index (χ4v) is 2.97. The highest BCUT2D eigenvalue weighted by Crippen LogP contribution is 2.33. The first-order valence-corrected chi connectivity index (χ1v) is 7.30. The van der Waals surface area contributed by atoms with Crippen LogP contribution in [-0.2, 0) is 0 Å². The topological polar surface area (TPSA) is 36.1 Å². The number of hydrogen-bond acceptors (Lipinski definition) is 1. The molecule has 1 aromatic heterocycles. The van der Waals surface area contributed by atoms with Crippen molar-refractivity contribution in [2.24, 2.45) is 5.92 Å². The van der Waals surface area contributed by atoms with Crippen molar-refractivity contribution < 1.29 is 18.0 Å². The molecule has 0 aliphatic carbocycles. The lowest BCUT2D eigenvalue weighted by atomic mass is 9.97. The van der Waals surface area contributed by atoms with E-state index in [-0.39, 0.29) is 18.9 Å². The molecule has 1 aliphatic heterocycles. The zero-order valence-corrected chi connectivity index (χ0v) is 12.2. The summed E-state index contributed by atoms with van der Waals surface area (Å²) < 4.78 is 38.5. The van der Waals surface area contributed by atoms with E-state index in [2.05, 4.69) is 4.98 Å². The van der Waals surface area contributed by atoms with E-state index in [9.17, 15) is 18.0 Å². The van der Waals surface area contributed by atoms with Gasteiger partial charge in [-0.15, -0.1) is 0 Å². The molecule has 2 aromatic rings. The number of aromatic nitrogens is 1. The van der Waals surface area contributed by atoms with Crippen LogP contribution in [-0.4, -0.2) is 35.1 Å². The molecule has 118 valence electrons. The maximum absolute atomic E-state index is 12.8. The quantitative estimate of drug-likeness (QED) is 0.852. The summed E-state index contributed by atoms with van der Waals surface area (Å²) in [6.07, 6.45) is -3.76. The number of piperidine rings is 1. The molecule has 1 saturated heterocycles. The molecular formula is C16H17F3N2O. The van der Waals surface area contributed by atoms with Gasteiger partial charge < -0.3 is 9.88 Å². The third-order valence-corrected chi connectivity index (χ3v) is 4.18. The molecule has 0 spiro atoms. The smallest absolute Gasteiger partial charge is 0.351 e. The lowest BCUT2D eigenvalue weighted by Gasteiger charge is -2.33. The van der Waals surface area contributed by atoms with Crippen LogP contribution in [0, 0.1) is 12.8 Å². The van der Waals surface area contributed by atoms with Gasteiger partial charge >= 0.3 is 6.18 Å². The van der Waals surface area contributed by atoms with Crippen LogP contribution in [0.1, 0.15) is 28.9 Å². The van der Waals surface area contributed by atoms with E-state index in [0.29, 0.717) is 18.7 Å². The number of nitrogens with zero attached hydrogens (tertiary/aromatic N) is 1. The average Bonchev–Trinajstić information content (AvgIpc) is 2.88. The standard InChI is InChI=1S/C16H17F3N2O/c1-10-4-5-13-11(7-10)8-14(20-13)15(22)21-6-2-3-12(9-21)16(17,18)19/h4-5,7-8,12,20H,2-3,6,9H2,1H3/t12-/m0/s1. The summed E-state index contributed by atoms with van der Waals surface area (Å²) in [7, 11) is 0. The number of alkyl halides is 3. The number of benzene rings is 1. The third-order valence-electron chi connectivity index (χ3n) is 4.18. The Bertz CT molecular complexity index is 705. The van der Waals surface area contributed by atoms with Crippen molar-refractivity contribution in [2.75, 3.05) is 13.1 Å². The molecule has 2 heterocycles. The molecule has 1 atom stereocenters. The van der Waals surface area contributed by atoms with Crippen molar-refractivity contribution in [3.63, 3.8) is 0 Å². The van der Waals surface area contributed by atoms with Gasteiger partial charge in [-0.1, -0.05) is 11.6 Å². The van der Waals surface area contributed by atoms with Crippen molar-refractivity contribution in [1.82, 2.24) is 9.88 Å². The van der Waals surface area contributed by atoms with Crippen molar-refractivity contribution >= 4 is 16.8 Å². The summed E-state index contributed by atoms with van der Waals surface area (Å²) in [6, 6.07) is 7.45. The molecule has 1 aliphatic rings. The SMILES string of the molecule is Cc1ccc2[nH]c(C(=O)N3CCC[C@H](C(F)(F)F)C3)cc2c1. The number of fused-ring (bicyclic) bond motifs is 1. The van der Waals surface area contributed by atoms with Crippen LogP contribution >= 0.6 is 0 Å². The molecule has 22 heavy (non-hydrogen) atoms. The number of carbonyl (C=O) groups is 1. The van der Waals surface area contributed by atoms with Crippen LogP contribution in [0.25, 0.3) is 10.9 Å². The number of hydrogen-bond donors (Lipinski definition) is 1. The van der Waals surface area contributed by atoms with E-state index in [1.807, 2.05) is 25.1 Å². The van der Waals surface area contributed by atoms with E-state index in [4.69, 9.17) is 0 Å². The molecule has 3 nitrogen and oxygen atoms in total. The first-order valence-electron chi connectivity index (χ1n) is 7.30. The minimum atomic E-state index is -4.24. The van der Waals surface area contributed by atoms with Crippen molar-refractivity contribution in [3.05, 3.63) is 35.5 Å². The van der Waals surface area contributed by atoms with Gasteiger partial charge in [0.05, 0.1) is 5.92 Å². The van der Waals surface area contributed by atoms with Gasteiger partial charge in [0, 0.05) is 24.0 Å². The van der Waals surface area contributed by atoms with Crippen LogP contribution in [0.3, 0.4) is 0 Å². The number of H-pyrrole nitrogens is 1. The number of rotatable bonds is 1. The average molecular weight is 310 g/mol. The summed E-state index contributed by atoms with van der Waals surface area (Å²) in [4.78, 5) is 16.8. The lowest BCUT2D eigenvalue weighted by molar-refractivity contribution is -0.184. The number of likely N-dealkylation sites (tertiary alicyclic amines) is 1. The van der Waals surface area contributed by atoms with Gasteiger partial charge in [-0.3, -0.25) is 4.79 Å². The Labute approximate surface area is 126 Å². The van der Waals surface area contributed by atoms with Crippen LogP contribution in [0.5, 0.6) is 0 Å². The number of aromatic amines is 1. The Morgan fingerprint density at radius 3 is 2.82 bits per heavy atom. The molecule has 1 N–H and O–H groups in total. The van der Waals surface area contributed by atoms with Gasteiger partial charge in [-0.25, -0.2) is 0 Å². The van der Waals surface area contributed by atoms with E-state index in [1.165, 1.54) is 4.90 Å². The largest absolute Gasteiger partial charge is 0.393 e. The van der Waals surface area contributed by atoms with Crippen molar-refractivity contribution in [1.29, 1.82) is 0 Å². The fourth-order valence-electron chi connectivity index (χ4n) is 2.97. The van der Waals surface area contributed by atoms with Gasteiger partial charge in [0.2, 0.25) is 0 Å². The summed E-state index contributed by atoms with van der Waals surface area (Å²) in [5, 5.41) is 0.896. The summed E-state index contributed by atoms with van der Waals surface area (Å²) in [5.74, 6) is -1.78. The van der Waals surface area contributed by atoms with Gasteiger partial charge in [-0.05, 0) is 38.0 Å². The lowest BCUT2D eigenvalue weighted by Crippen LogP contribution is -2.44. The van der Waals surface area contributed by atoms with Crippen molar-refractivity contribution in [2.45, 2.75) is 25.9 Å². The zero-order valence-electron chi connectivity index (χ0n) is 12.2. The van der Waals surface area contributed by atoms with Gasteiger partial charge in [0.1, 0.15) is 5.69 Å². The van der Waals surface area contributed by atoms with Crippen molar-refractivity contribution in [3.8, 4) is 0 Å². The number of amides is 1. The highest BCUT2D eigenvalue weighted by atomic mass is 19.4. The Balaban J connectivity index is 1.82. The Hall–Kier alpha value is -1.98. The molecule has 1 aromatic carbocycles. The summed E-state index contributed by atoms with van der Waals surface area (Å²) in [5.41, 5.74) is 2.24. The minimum absolute atomic E-state index is 0.0964. The predicted molar refractivity (Wildman–Crippen MR) is 77.7 cm³/mol. The second-order valence-electron chi connectivity index (χ2n) is 5.91. The predicted octanol–water partition coefficient (Wildman–Crippen LogP) is 3.89. The molecule has 0 saturated carbocycles. The normalized spacial score (nSPS) is 19.6. The maximum Gasteiger partial charge on any atom is 0.393 e. The highest BCUT2D eigenvalue weighted by Gasteiger charge is 2.42. The first-order chi connectivity index (χ1) is 10.3. The number of carbonyl (C=O) groups excluding carboxylic acids is 1. The second-order valence-corrected chi connectivity index (χ2v) is 5.91. The van der Waals surface area contributed by atoms with Gasteiger partial charge in [-0.2, -0.15) is 13.2 Å². The highest BCUT2D eigenvalue weighted by molar-refractivity contribution is 5.98. The van der Waals surface area contributed by atoms with E-state index in [0.717, 1.165) is 16.5 Å². The molecule has 1 fully saturated rings. The second kappa shape index (κ2) is 5.34. The summed E-state index contributed by atoms with van der Waals surface area (Å²) in [6.45, 7) is 2.07. The number of nitrogens with one attached hydrogen (secondary N) is 1. The van der Waals surface area contributed by atoms with Crippen LogP contribution in [0.15, 0.2) is 24.3 Å². The molecule has 1 amide bonds. The monoisotopic (exact) mass is 310 g/mol. The molecular weight excluding hydrogens is 293 g/mol. The molecule has 0 radical (unpaired) electrons. The van der Waals surface area contributed by atoms with E-state index >= 15 is 0 Å². The first kappa shape index (κ1) is 14.9. The van der Waals surface area contributed by atoms with Gasteiger partial charge in [0.25, 0.3) is 5.91 Å². The summed E-state index contributed by atoms with van der Waals surface area (Å²) >= 11 is 0. The Morgan fingerprint density at radius 1 is 1.32 bits per heavy atom. The van der Waals surface area contributed by atoms with Crippen LogP contribution in [0.2, 0.25) is 0 Å². The minimum Gasteiger partial charge on any atom is -0.351 e. The molecule has 0 bridgehead atoms. The zero-order chi connectivity index (χ0) is 15.9. The number of halogens is 3. The maximum atomic E-state index is 12.8. The Morgan fingerprint density at radius 2 is 2.09 bits per heavy atom. The Kier molecular flexibility index (Phi) is 3.62. The van der Waals surface area contributed by atoms with E-state index in [1.54, 1.807) is 6.07 Å². The van der Waals surface area contributed by atoms with Crippen LogP contribution < -0.4 is 0 Å². The molecule has 6 heteroatoms. The fraction of sp³-hybridized carbons (Fsp3) is 0.438. The van der Waals surface area contributed by atoms with Gasteiger partial charge in [0.15, 0.2) is 0 Å². The third kappa shape index (κ3) is 2.82. The number of aryl methyl sites for hydroxylation is 1. The molecule has 3 rings (SSSR count). The van der Waals surface area contributed by atoms with Crippen LogP contribution in [0.4, 0.5) is 13.2 Å². The molecule has 0 unspecified atom stereocenters. The van der Waals surface area contributed by atoms with E-state index < -0.39 is 12.1 Å².